The Kier molecular flexibility index (Phi) is 5.97. The molecule has 0 aliphatic rings. The van der Waals surface area contributed by atoms with Crippen molar-refractivity contribution in [3.63, 3.8) is 0 Å². The fourth-order valence-corrected chi connectivity index (χ4v) is 2.99. The van der Waals surface area contributed by atoms with Crippen molar-refractivity contribution in [2.45, 2.75) is 38.1 Å². The lowest BCUT2D eigenvalue weighted by Crippen LogP contribution is -2.23. The van der Waals surface area contributed by atoms with Crippen LogP contribution in [0.2, 0.25) is 5.02 Å². The Hall–Kier alpha value is -2.19. The van der Waals surface area contributed by atoms with Crippen molar-refractivity contribution >= 4 is 40.6 Å². The van der Waals surface area contributed by atoms with Crippen LogP contribution in [0.3, 0.4) is 0 Å². The van der Waals surface area contributed by atoms with Gasteiger partial charge in [0.2, 0.25) is 5.91 Å². The number of non-ortho nitro benzene ring substituents is 1. The first-order valence-electron chi connectivity index (χ1n) is 7.42. The predicted octanol–water partition coefficient (Wildman–Crippen LogP) is 4.08. The summed E-state index contributed by atoms with van der Waals surface area (Å²) in [5, 5.41) is 13.7. The van der Waals surface area contributed by atoms with E-state index in [2.05, 4.69) is 15.3 Å². The lowest BCUT2D eigenvalue weighted by Gasteiger charge is -2.13. The van der Waals surface area contributed by atoms with E-state index in [1.54, 1.807) is 6.92 Å². The largest absolute Gasteiger partial charge is 0.324 e. The van der Waals surface area contributed by atoms with E-state index in [9.17, 15) is 14.9 Å². The second kappa shape index (κ2) is 7.79. The summed E-state index contributed by atoms with van der Waals surface area (Å²) in [7, 11) is 0. The first-order valence-corrected chi connectivity index (χ1v) is 8.68. The molecule has 9 heteroatoms. The number of aromatic nitrogens is 2. The van der Waals surface area contributed by atoms with Crippen molar-refractivity contribution in [2.75, 3.05) is 5.32 Å². The number of nitrogens with one attached hydrogen (secondary N) is 1. The Balaban J connectivity index is 2.13. The van der Waals surface area contributed by atoms with Gasteiger partial charge in [-0.05, 0) is 39.3 Å². The smallest absolute Gasteiger partial charge is 0.271 e. The number of carbonyl (C=O) groups excluding carboxylic acids is 1. The van der Waals surface area contributed by atoms with Crippen LogP contribution >= 0.6 is 23.4 Å². The average Bonchev–Trinajstić information content (AvgIpc) is 2.54. The van der Waals surface area contributed by atoms with E-state index >= 15 is 0 Å². The number of carbonyl (C=O) groups is 1. The Morgan fingerprint density at radius 1 is 1.28 bits per heavy atom. The summed E-state index contributed by atoms with van der Waals surface area (Å²) in [5.74, 6) is -0.341. The minimum atomic E-state index is -0.546. The van der Waals surface area contributed by atoms with Crippen LogP contribution in [0.4, 0.5) is 11.4 Å². The van der Waals surface area contributed by atoms with Gasteiger partial charge in [0.15, 0.2) is 5.16 Å². The molecule has 2 aromatic rings. The molecule has 0 aliphatic heterocycles. The van der Waals surface area contributed by atoms with Gasteiger partial charge < -0.3 is 5.32 Å². The number of anilines is 1. The summed E-state index contributed by atoms with van der Waals surface area (Å²) in [6.07, 6.45) is 0. The lowest BCUT2D eigenvalue weighted by atomic mass is 10.2. The van der Waals surface area contributed by atoms with E-state index in [4.69, 9.17) is 11.6 Å². The van der Waals surface area contributed by atoms with Gasteiger partial charge in [-0.1, -0.05) is 23.4 Å². The number of benzene rings is 1. The molecule has 0 fully saturated rings. The zero-order valence-corrected chi connectivity index (χ0v) is 15.7. The number of nitrogens with zero attached hydrogens (tertiary/aromatic N) is 3. The van der Waals surface area contributed by atoms with Crippen molar-refractivity contribution in [2.24, 2.45) is 0 Å². The number of rotatable bonds is 5. The van der Waals surface area contributed by atoms with Gasteiger partial charge in [-0.2, -0.15) is 0 Å². The third-order valence-corrected chi connectivity index (χ3v) is 4.97. The molecule has 0 saturated heterocycles. The van der Waals surface area contributed by atoms with Crippen molar-refractivity contribution in [1.29, 1.82) is 0 Å². The molecular formula is C16H17ClN4O3S. The summed E-state index contributed by atoms with van der Waals surface area (Å²) in [5.41, 5.74) is 2.80. The number of nitro groups is 1. The van der Waals surface area contributed by atoms with Gasteiger partial charge in [-0.15, -0.1) is 0 Å². The van der Waals surface area contributed by atoms with Gasteiger partial charge in [0.1, 0.15) is 0 Å². The average molecular weight is 381 g/mol. The van der Waals surface area contributed by atoms with Crippen LogP contribution in [-0.2, 0) is 4.79 Å². The van der Waals surface area contributed by atoms with Crippen LogP contribution in [0, 0.1) is 30.9 Å². The zero-order valence-electron chi connectivity index (χ0n) is 14.2. The molecule has 1 heterocycles. The van der Waals surface area contributed by atoms with Crippen LogP contribution in [0.1, 0.15) is 23.9 Å². The fourth-order valence-electron chi connectivity index (χ4n) is 1.96. The highest BCUT2D eigenvalue weighted by Crippen LogP contribution is 2.28. The van der Waals surface area contributed by atoms with Gasteiger partial charge in [0.25, 0.3) is 5.69 Å². The van der Waals surface area contributed by atoms with Crippen molar-refractivity contribution in [3.8, 4) is 0 Å². The molecule has 0 radical (unpaired) electrons. The summed E-state index contributed by atoms with van der Waals surface area (Å²) in [4.78, 5) is 31.4. The van der Waals surface area contributed by atoms with Crippen molar-refractivity contribution in [1.82, 2.24) is 9.97 Å². The zero-order chi connectivity index (χ0) is 18.7. The quantitative estimate of drug-likeness (QED) is 0.363. The minimum absolute atomic E-state index is 0.145. The third-order valence-electron chi connectivity index (χ3n) is 3.68. The summed E-state index contributed by atoms with van der Waals surface area (Å²) in [6.45, 7) is 7.43. The third kappa shape index (κ3) is 4.67. The second-order valence-electron chi connectivity index (χ2n) is 5.47. The van der Waals surface area contributed by atoms with Gasteiger partial charge in [0, 0.05) is 23.5 Å². The second-order valence-corrected chi connectivity index (χ2v) is 7.19. The van der Waals surface area contributed by atoms with Crippen LogP contribution in [0.5, 0.6) is 0 Å². The molecule has 1 N–H and O–H groups in total. The predicted molar refractivity (Wildman–Crippen MR) is 98.3 cm³/mol. The van der Waals surface area contributed by atoms with Crippen LogP contribution in [-0.4, -0.2) is 26.0 Å². The van der Waals surface area contributed by atoms with E-state index in [-0.39, 0.29) is 22.3 Å². The molecule has 0 saturated carbocycles. The molecule has 0 spiro atoms. The van der Waals surface area contributed by atoms with Crippen LogP contribution in [0.15, 0.2) is 23.4 Å². The fraction of sp³-hybridized carbons (Fsp3) is 0.312. The molecule has 132 valence electrons. The molecule has 1 amide bonds. The summed E-state index contributed by atoms with van der Waals surface area (Å²) < 4.78 is 0. The number of halogens is 1. The maximum atomic E-state index is 12.4. The minimum Gasteiger partial charge on any atom is -0.324 e. The Bertz CT molecular complexity index is 821. The Morgan fingerprint density at radius 2 is 1.88 bits per heavy atom. The molecule has 25 heavy (non-hydrogen) atoms. The van der Waals surface area contributed by atoms with E-state index < -0.39 is 10.2 Å². The number of amides is 1. The first-order chi connectivity index (χ1) is 11.7. The van der Waals surface area contributed by atoms with Crippen molar-refractivity contribution < 1.29 is 9.72 Å². The maximum Gasteiger partial charge on any atom is 0.271 e. The van der Waals surface area contributed by atoms with Gasteiger partial charge >= 0.3 is 0 Å². The standard InChI is InChI=1S/C16H17ClN4O3S/c1-8-9(2)18-16(19-10(8)3)25-11(4)15(22)20-14-7-12(21(23)24)5-6-13(14)17/h5-7,11H,1-4H3,(H,20,22)/t11-/m0/s1. The molecule has 2 rings (SSSR count). The molecule has 0 aliphatic carbocycles. The Labute approximate surface area is 154 Å². The van der Waals surface area contributed by atoms with Crippen molar-refractivity contribution in [3.05, 3.63) is 50.3 Å². The summed E-state index contributed by atoms with van der Waals surface area (Å²) >= 11 is 7.21. The molecule has 1 atom stereocenters. The lowest BCUT2D eigenvalue weighted by molar-refractivity contribution is -0.384. The van der Waals surface area contributed by atoms with Crippen LogP contribution < -0.4 is 5.32 Å². The van der Waals surface area contributed by atoms with E-state index in [1.165, 1.54) is 30.0 Å². The number of thioether (sulfide) groups is 1. The van der Waals surface area contributed by atoms with E-state index in [0.717, 1.165) is 17.0 Å². The highest BCUT2D eigenvalue weighted by Gasteiger charge is 2.19. The van der Waals surface area contributed by atoms with Gasteiger partial charge in [-0.3, -0.25) is 14.9 Å². The number of nitro benzene ring substituents is 1. The van der Waals surface area contributed by atoms with Crippen LogP contribution in [0.25, 0.3) is 0 Å². The number of hydrogen-bond acceptors (Lipinski definition) is 6. The Morgan fingerprint density at radius 3 is 2.44 bits per heavy atom. The van der Waals surface area contributed by atoms with Gasteiger partial charge in [0.05, 0.1) is 20.9 Å². The topological polar surface area (TPSA) is 98.0 Å². The normalized spacial score (nSPS) is 11.9. The highest BCUT2D eigenvalue weighted by atomic mass is 35.5. The SMILES string of the molecule is Cc1nc(S[C@@H](C)C(=O)Nc2cc([N+](=O)[O-])ccc2Cl)nc(C)c1C. The number of aryl methyl sites for hydroxylation is 2. The monoisotopic (exact) mass is 380 g/mol. The maximum absolute atomic E-state index is 12.4. The molecule has 0 unspecified atom stereocenters. The molecule has 0 bridgehead atoms. The summed E-state index contributed by atoms with van der Waals surface area (Å²) in [6, 6.07) is 3.89. The van der Waals surface area contributed by atoms with E-state index in [1.807, 2.05) is 20.8 Å². The molecule has 7 nitrogen and oxygen atoms in total. The molecule has 1 aromatic heterocycles. The number of hydrogen-bond donors (Lipinski definition) is 1. The molecular weight excluding hydrogens is 364 g/mol. The first kappa shape index (κ1) is 19.1. The van der Waals surface area contributed by atoms with E-state index in [0.29, 0.717) is 5.16 Å². The van der Waals surface area contributed by atoms with Gasteiger partial charge in [-0.25, -0.2) is 9.97 Å². The highest BCUT2D eigenvalue weighted by molar-refractivity contribution is 8.00. The molecule has 1 aromatic carbocycles.